The van der Waals surface area contributed by atoms with E-state index in [4.69, 9.17) is 14.2 Å². The predicted octanol–water partition coefficient (Wildman–Crippen LogP) is 4.27. The number of rotatable bonds is 7. The number of fused-ring (bicyclic) bond motifs is 1. The molecule has 0 aromatic heterocycles. The van der Waals surface area contributed by atoms with Crippen molar-refractivity contribution in [1.82, 2.24) is 5.32 Å². The summed E-state index contributed by atoms with van der Waals surface area (Å²) in [6.45, 7) is 4.58. The van der Waals surface area contributed by atoms with Crippen LogP contribution in [-0.2, 0) is 4.79 Å². The first-order chi connectivity index (χ1) is 13.0. The molecule has 3 rings (SSSR count). The van der Waals surface area contributed by atoms with Crippen LogP contribution in [-0.4, -0.2) is 25.2 Å². The van der Waals surface area contributed by atoms with Gasteiger partial charge in [0.05, 0.1) is 19.8 Å². The predicted molar refractivity (Wildman–Crippen MR) is 104 cm³/mol. The Hall–Kier alpha value is -2.69. The van der Waals surface area contributed by atoms with Crippen molar-refractivity contribution in [2.75, 3.05) is 13.7 Å². The lowest BCUT2D eigenvalue weighted by atomic mass is 9.89. The van der Waals surface area contributed by atoms with Crippen LogP contribution in [0.2, 0.25) is 0 Å². The summed E-state index contributed by atoms with van der Waals surface area (Å²) in [4.78, 5) is 12.5. The topological polar surface area (TPSA) is 56.8 Å². The smallest absolute Gasteiger partial charge is 0.220 e. The van der Waals surface area contributed by atoms with E-state index < -0.39 is 0 Å². The van der Waals surface area contributed by atoms with Crippen LogP contribution in [0.4, 0.5) is 0 Å². The molecule has 0 saturated carbocycles. The highest BCUT2D eigenvalue weighted by atomic mass is 16.5. The minimum atomic E-state index is -0.337. The largest absolute Gasteiger partial charge is 0.497 e. The summed E-state index contributed by atoms with van der Waals surface area (Å²) >= 11 is 0. The minimum absolute atomic E-state index is 0.0168. The standard InChI is InChI=1S/C22H27NO4/c1-22(2)15-19(18-14-17(25-3)11-12-20(18)27-22)23-21(24)10-7-13-26-16-8-5-4-6-9-16/h4-6,8-9,11-12,14,19H,7,10,13,15H2,1-3H3,(H,23,24). The number of hydrogen-bond donors (Lipinski definition) is 1. The summed E-state index contributed by atoms with van der Waals surface area (Å²) in [7, 11) is 1.63. The van der Waals surface area contributed by atoms with E-state index in [-0.39, 0.29) is 17.6 Å². The molecule has 0 spiro atoms. The van der Waals surface area contributed by atoms with Gasteiger partial charge in [-0.3, -0.25) is 4.79 Å². The third-order valence-electron chi connectivity index (χ3n) is 4.57. The number of methoxy groups -OCH3 is 1. The van der Waals surface area contributed by atoms with Crippen molar-refractivity contribution in [3.8, 4) is 17.2 Å². The van der Waals surface area contributed by atoms with E-state index in [0.29, 0.717) is 25.9 Å². The first-order valence-electron chi connectivity index (χ1n) is 9.31. The Morgan fingerprint density at radius 1 is 1.19 bits per heavy atom. The van der Waals surface area contributed by atoms with Crippen molar-refractivity contribution in [2.24, 2.45) is 0 Å². The SMILES string of the molecule is COc1ccc2c(c1)C(NC(=O)CCCOc1ccccc1)CC(C)(C)O2. The van der Waals surface area contributed by atoms with Gasteiger partial charge >= 0.3 is 0 Å². The molecule has 2 aromatic rings. The summed E-state index contributed by atoms with van der Waals surface area (Å²) in [6, 6.07) is 15.3. The molecule has 0 aliphatic carbocycles. The first-order valence-corrected chi connectivity index (χ1v) is 9.31. The number of ether oxygens (including phenoxy) is 3. The van der Waals surface area contributed by atoms with Gasteiger partial charge in [0.2, 0.25) is 5.91 Å². The van der Waals surface area contributed by atoms with Crippen LogP contribution in [0.1, 0.15) is 44.7 Å². The van der Waals surface area contributed by atoms with Gasteiger partial charge in [-0.25, -0.2) is 0 Å². The summed E-state index contributed by atoms with van der Waals surface area (Å²) in [5.41, 5.74) is 0.623. The first kappa shape index (κ1) is 19.1. The van der Waals surface area contributed by atoms with E-state index >= 15 is 0 Å². The zero-order valence-corrected chi connectivity index (χ0v) is 16.2. The maximum Gasteiger partial charge on any atom is 0.220 e. The Labute approximate surface area is 160 Å². The monoisotopic (exact) mass is 369 g/mol. The Balaban J connectivity index is 1.57. The number of benzene rings is 2. The fourth-order valence-corrected chi connectivity index (χ4v) is 3.29. The average molecular weight is 369 g/mol. The summed E-state index contributed by atoms with van der Waals surface area (Å²) in [5.74, 6) is 2.39. The number of carbonyl (C=O) groups is 1. The quantitative estimate of drug-likeness (QED) is 0.741. The molecule has 5 nitrogen and oxygen atoms in total. The Morgan fingerprint density at radius 2 is 1.96 bits per heavy atom. The van der Waals surface area contributed by atoms with E-state index in [1.807, 2.05) is 62.4 Å². The van der Waals surface area contributed by atoms with Crippen molar-refractivity contribution in [3.05, 3.63) is 54.1 Å². The van der Waals surface area contributed by atoms with Crippen LogP contribution in [0.15, 0.2) is 48.5 Å². The lowest BCUT2D eigenvalue weighted by molar-refractivity contribution is -0.122. The van der Waals surface area contributed by atoms with Gasteiger partial charge in [-0.2, -0.15) is 0 Å². The molecular weight excluding hydrogens is 342 g/mol. The van der Waals surface area contributed by atoms with Gasteiger partial charge in [0.15, 0.2) is 0 Å². The molecule has 1 aliphatic rings. The van der Waals surface area contributed by atoms with Crippen molar-refractivity contribution < 1.29 is 19.0 Å². The maximum absolute atomic E-state index is 12.5. The highest BCUT2D eigenvalue weighted by Gasteiger charge is 2.34. The molecule has 1 aliphatic heterocycles. The highest BCUT2D eigenvalue weighted by molar-refractivity contribution is 5.76. The van der Waals surface area contributed by atoms with Gasteiger partial charge in [0, 0.05) is 18.4 Å². The number of hydrogen-bond acceptors (Lipinski definition) is 4. The van der Waals surface area contributed by atoms with Gasteiger partial charge in [0.1, 0.15) is 22.8 Å². The molecule has 1 heterocycles. The fraction of sp³-hybridized carbons (Fsp3) is 0.409. The third-order valence-corrected chi connectivity index (χ3v) is 4.57. The van der Waals surface area contributed by atoms with Gasteiger partial charge in [-0.05, 0) is 50.6 Å². The zero-order chi connectivity index (χ0) is 19.3. The molecule has 27 heavy (non-hydrogen) atoms. The molecule has 5 heteroatoms. The second kappa shape index (κ2) is 8.33. The summed E-state index contributed by atoms with van der Waals surface area (Å²) in [5, 5.41) is 3.15. The second-order valence-corrected chi connectivity index (χ2v) is 7.35. The molecular formula is C22H27NO4. The third kappa shape index (κ3) is 5.16. The molecule has 144 valence electrons. The van der Waals surface area contributed by atoms with Crippen molar-refractivity contribution in [2.45, 2.75) is 44.8 Å². The molecule has 1 atom stereocenters. The molecule has 0 bridgehead atoms. The number of amides is 1. The van der Waals surface area contributed by atoms with Crippen LogP contribution >= 0.6 is 0 Å². The summed E-state index contributed by atoms with van der Waals surface area (Å²) < 4.78 is 17.0. The molecule has 1 amide bonds. The lowest BCUT2D eigenvalue weighted by Crippen LogP contribution is -2.41. The molecule has 2 aromatic carbocycles. The normalized spacial score (nSPS) is 17.4. The average Bonchev–Trinajstić information content (AvgIpc) is 2.65. The fourth-order valence-electron chi connectivity index (χ4n) is 3.29. The molecule has 1 unspecified atom stereocenters. The van der Waals surface area contributed by atoms with E-state index in [9.17, 15) is 4.79 Å². The molecule has 1 N–H and O–H groups in total. The lowest BCUT2D eigenvalue weighted by Gasteiger charge is -2.38. The van der Waals surface area contributed by atoms with Gasteiger partial charge < -0.3 is 19.5 Å². The van der Waals surface area contributed by atoms with Crippen molar-refractivity contribution >= 4 is 5.91 Å². The van der Waals surface area contributed by atoms with E-state index in [0.717, 1.165) is 22.8 Å². The maximum atomic E-state index is 12.5. The van der Waals surface area contributed by atoms with E-state index in [2.05, 4.69) is 5.32 Å². The minimum Gasteiger partial charge on any atom is -0.497 e. The van der Waals surface area contributed by atoms with E-state index in [1.54, 1.807) is 7.11 Å². The molecule has 0 fully saturated rings. The van der Waals surface area contributed by atoms with Crippen LogP contribution in [0.5, 0.6) is 17.2 Å². The number of para-hydroxylation sites is 1. The van der Waals surface area contributed by atoms with Crippen LogP contribution in [0, 0.1) is 0 Å². The zero-order valence-electron chi connectivity index (χ0n) is 16.2. The van der Waals surface area contributed by atoms with Crippen LogP contribution in [0.25, 0.3) is 0 Å². The number of nitrogens with one attached hydrogen (secondary N) is 1. The van der Waals surface area contributed by atoms with E-state index in [1.165, 1.54) is 0 Å². The Morgan fingerprint density at radius 3 is 2.70 bits per heavy atom. The van der Waals surface area contributed by atoms with Gasteiger partial charge in [0.25, 0.3) is 0 Å². The van der Waals surface area contributed by atoms with Gasteiger partial charge in [-0.1, -0.05) is 18.2 Å². The van der Waals surface area contributed by atoms with Crippen molar-refractivity contribution in [1.29, 1.82) is 0 Å². The summed E-state index contributed by atoms with van der Waals surface area (Å²) in [6.07, 6.45) is 1.79. The second-order valence-electron chi connectivity index (χ2n) is 7.35. The molecule has 0 radical (unpaired) electrons. The number of carbonyl (C=O) groups excluding carboxylic acids is 1. The van der Waals surface area contributed by atoms with Gasteiger partial charge in [-0.15, -0.1) is 0 Å². The van der Waals surface area contributed by atoms with Crippen LogP contribution < -0.4 is 19.5 Å². The Bertz CT molecular complexity index is 773. The van der Waals surface area contributed by atoms with Crippen molar-refractivity contribution in [3.63, 3.8) is 0 Å². The highest BCUT2D eigenvalue weighted by Crippen LogP contribution is 2.41. The Kier molecular flexibility index (Phi) is 5.89. The molecule has 0 saturated heterocycles. The van der Waals surface area contributed by atoms with Crippen LogP contribution in [0.3, 0.4) is 0 Å².